The first kappa shape index (κ1) is 20.1. The number of para-hydroxylation sites is 1. The van der Waals surface area contributed by atoms with Crippen molar-refractivity contribution in [2.75, 3.05) is 0 Å². The molecule has 0 saturated carbocycles. The van der Waals surface area contributed by atoms with Crippen molar-refractivity contribution < 1.29 is 4.52 Å². The normalized spacial score (nSPS) is 11.3. The molecular formula is C24H20N4O3S. The number of benzene rings is 2. The number of aromatic nitrogens is 4. The summed E-state index contributed by atoms with van der Waals surface area (Å²) in [6, 6.07) is 15.1. The van der Waals surface area contributed by atoms with Crippen molar-refractivity contribution >= 4 is 21.6 Å². The molecule has 0 atom stereocenters. The van der Waals surface area contributed by atoms with Gasteiger partial charge in [0.15, 0.2) is 0 Å². The number of thiophene rings is 1. The SMILES string of the molecule is Cc1ccc(-c2noc(Cn3c(=O)n(-c4ccccc4C)c(=O)c4sccc43)n2)cc1C. The number of nitrogens with zero attached hydrogens (tertiary/aromatic N) is 4. The molecule has 8 heteroatoms. The van der Waals surface area contributed by atoms with Crippen LogP contribution in [0.15, 0.2) is 68.0 Å². The van der Waals surface area contributed by atoms with E-state index in [1.54, 1.807) is 17.5 Å². The lowest BCUT2D eigenvalue weighted by molar-refractivity contribution is 0.370. The van der Waals surface area contributed by atoms with Gasteiger partial charge in [-0.05, 0) is 61.0 Å². The van der Waals surface area contributed by atoms with Crippen molar-refractivity contribution in [3.63, 3.8) is 0 Å². The fourth-order valence-electron chi connectivity index (χ4n) is 3.72. The number of rotatable bonds is 4. The van der Waals surface area contributed by atoms with Crippen LogP contribution in [-0.2, 0) is 6.54 Å². The van der Waals surface area contributed by atoms with Crippen molar-refractivity contribution in [2.45, 2.75) is 27.3 Å². The number of fused-ring (bicyclic) bond motifs is 1. The Bertz CT molecular complexity index is 1590. The lowest BCUT2D eigenvalue weighted by atomic mass is 10.1. The summed E-state index contributed by atoms with van der Waals surface area (Å²) in [5.41, 5.74) is 4.35. The van der Waals surface area contributed by atoms with E-state index >= 15 is 0 Å². The number of hydrogen-bond acceptors (Lipinski definition) is 6. The molecule has 32 heavy (non-hydrogen) atoms. The predicted molar refractivity (Wildman–Crippen MR) is 125 cm³/mol. The topological polar surface area (TPSA) is 82.9 Å². The summed E-state index contributed by atoms with van der Waals surface area (Å²) in [6.45, 7) is 6.01. The molecule has 160 valence electrons. The predicted octanol–water partition coefficient (Wildman–Crippen LogP) is 4.24. The van der Waals surface area contributed by atoms with E-state index < -0.39 is 5.69 Å². The Labute approximate surface area is 187 Å². The minimum Gasteiger partial charge on any atom is -0.337 e. The molecule has 0 aliphatic carbocycles. The van der Waals surface area contributed by atoms with Crippen molar-refractivity contribution in [3.05, 3.63) is 97.3 Å². The van der Waals surface area contributed by atoms with Gasteiger partial charge in [-0.25, -0.2) is 9.36 Å². The Hall–Kier alpha value is -3.78. The maximum atomic E-state index is 13.5. The van der Waals surface area contributed by atoms with Crippen LogP contribution in [0.2, 0.25) is 0 Å². The summed E-state index contributed by atoms with van der Waals surface area (Å²) in [6.07, 6.45) is 0. The highest BCUT2D eigenvalue weighted by molar-refractivity contribution is 7.17. The van der Waals surface area contributed by atoms with Crippen LogP contribution in [0, 0.1) is 20.8 Å². The van der Waals surface area contributed by atoms with Gasteiger partial charge in [0.1, 0.15) is 11.2 Å². The quantitative estimate of drug-likeness (QED) is 0.414. The monoisotopic (exact) mass is 444 g/mol. The zero-order chi connectivity index (χ0) is 22.4. The lowest BCUT2D eigenvalue weighted by Gasteiger charge is -2.12. The van der Waals surface area contributed by atoms with Gasteiger partial charge in [0, 0.05) is 5.56 Å². The van der Waals surface area contributed by atoms with E-state index in [2.05, 4.69) is 10.1 Å². The van der Waals surface area contributed by atoms with E-state index in [1.807, 2.05) is 57.2 Å². The van der Waals surface area contributed by atoms with Gasteiger partial charge in [-0.15, -0.1) is 11.3 Å². The number of aryl methyl sites for hydroxylation is 3. The molecule has 0 N–H and O–H groups in total. The van der Waals surface area contributed by atoms with Crippen molar-refractivity contribution in [2.24, 2.45) is 0 Å². The van der Waals surface area contributed by atoms with Gasteiger partial charge in [-0.3, -0.25) is 9.36 Å². The second-order valence-corrected chi connectivity index (χ2v) is 8.66. The van der Waals surface area contributed by atoms with E-state index in [1.165, 1.54) is 26.0 Å². The highest BCUT2D eigenvalue weighted by Gasteiger charge is 2.19. The Balaban J connectivity index is 1.63. The standard InChI is InChI=1S/C24H20N4O3S/c1-14-8-9-17(12-16(14)3)22-25-20(31-26-22)13-27-19-10-11-32-21(19)23(29)28(24(27)30)18-7-5-4-6-15(18)2/h4-12H,13H2,1-3H3. The largest absolute Gasteiger partial charge is 0.337 e. The molecule has 3 heterocycles. The van der Waals surface area contributed by atoms with Crippen LogP contribution in [0.1, 0.15) is 22.6 Å². The molecule has 0 spiro atoms. The first-order valence-electron chi connectivity index (χ1n) is 10.1. The molecule has 2 aromatic carbocycles. The van der Waals surface area contributed by atoms with Gasteiger partial charge < -0.3 is 4.52 Å². The highest BCUT2D eigenvalue weighted by Crippen LogP contribution is 2.21. The molecule has 7 nitrogen and oxygen atoms in total. The Kier molecular flexibility index (Phi) is 4.86. The molecule has 0 fully saturated rings. The fraction of sp³-hybridized carbons (Fsp3) is 0.167. The van der Waals surface area contributed by atoms with Crippen LogP contribution in [0.25, 0.3) is 27.3 Å². The van der Waals surface area contributed by atoms with Crippen LogP contribution in [0.5, 0.6) is 0 Å². The fourth-order valence-corrected chi connectivity index (χ4v) is 4.54. The third kappa shape index (κ3) is 3.29. The van der Waals surface area contributed by atoms with Crippen LogP contribution in [-0.4, -0.2) is 19.3 Å². The van der Waals surface area contributed by atoms with Gasteiger partial charge in [-0.1, -0.05) is 35.5 Å². The molecule has 0 unspecified atom stereocenters. The van der Waals surface area contributed by atoms with Gasteiger partial charge in [-0.2, -0.15) is 4.98 Å². The molecule has 0 aliphatic rings. The summed E-state index contributed by atoms with van der Waals surface area (Å²) in [5, 5.41) is 5.90. The molecule has 5 rings (SSSR count). The second-order valence-electron chi connectivity index (χ2n) is 7.74. The third-order valence-corrected chi connectivity index (χ3v) is 6.53. The van der Waals surface area contributed by atoms with Crippen LogP contribution >= 0.6 is 11.3 Å². The van der Waals surface area contributed by atoms with E-state index in [0.717, 1.165) is 16.7 Å². The summed E-state index contributed by atoms with van der Waals surface area (Å²) >= 11 is 1.31. The molecule has 0 aliphatic heterocycles. The minimum atomic E-state index is -0.443. The summed E-state index contributed by atoms with van der Waals surface area (Å²) in [5.74, 6) is 0.757. The minimum absolute atomic E-state index is 0.0655. The zero-order valence-corrected chi connectivity index (χ0v) is 18.6. The van der Waals surface area contributed by atoms with Crippen molar-refractivity contribution in [1.29, 1.82) is 0 Å². The maximum Gasteiger partial charge on any atom is 0.336 e. The second kappa shape index (κ2) is 7.72. The Morgan fingerprint density at radius 2 is 1.78 bits per heavy atom. The molecule has 0 radical (unpaired) electrons. The molecular weight excluding hydrogens is 424 g/mol. The van der Waals surface area contributed by atoms with Crippen LogP contribution in [0.3, 0.4) is 0 Å². The Morgan fingerprint density at radius 1 is 0.969 bits per heavy atom. The Morgan fingerprint density at radius 3 is 2.56 bits per heavy atom. The van der Waals surface area contributed by atoms with Crippen LogP contribution < -0.4 is 11.2 Å². The molecule has 5 aromatic rings. The van der Waals surface area contributed by atoms with E-state index in [0.29, 0.717) is 27.6 Å². The van der Waals surface area contributed by atoms with E-state index in [4.69, 9.17) is 4.52 Å². The van der Waals surface area contributed by atoms with Crippen molar-refractivity contribution in [3.8, 4) is 17.1 Å². The van der Waals surface area contributed by atoms with Crippen LogP contribution in [0.4, 0.5) is 0 Å². The zero-order valence-electron chi connectivity index (χ0n) is 17.8. The molecule has 0 amide bonds. The third-order valence-electron chi connectivity index (χ3n) is 5.64. The first-order chi connectivity index (χ1) is 15.4. The van der Waals surface area contributed by atoms with E-state index in [9.17, 15) is 9.59 Å². The first-order valence-corrected chi connectivity index (χ1v) is 11.0. The summed E-state index contributed by atoms with van der Waals surface area (Å²) in [4.78, 5) is 31.1. The molecule has 3 aromatic heterocycles. The average Bonchev–Trinajstić information content (AvgIpc) is 3.44. The van der Waals surface area contributed by atoms with Gasteiger partial charge in [0.25, 0.3) is 5.56 Å². The van der Waals surface area contributed by atoms with Gasteiger partial charge >= 0.3 is 5.69 Å². The molecule has 0 bridgehead atoms. The molecule has 0 saturated heterocycles. The number of hydrogen-bond donors (Lipinski definition) is 0. The van der Waals surface area contributed by atoms with Gasteiger partial charge in [0.05, 0.1) is 11.2 Å². The lowest BCUT2D eigenvalue weighted by Crippen LogP contribution is -2.39. The van der Waals surface area contributed by atoms with Gasteiger partial charge in [0.2, 0.25) is 11.7 Å². The summed E-state index contributed by atoms with van der Waals surface area (Å²) < 4.78 is 8.70. The summed E-state index contributed by atoms with van der Waals surface area (Å²) in [7, 11) is 0. The van der Waals surface area contributed by atoms with Crippen molar-refractivity contribution in [1.82, 2.24) is 19.3 Å². The maximum absolute atomic E-state index is 13.5. The van der Waals surface area contributed by atoms with E-state index in [-0.39, 0.29) is 12.1 Å². The smallest absolute Gasteiger partial charge is 0.336 e. The average molecular weight is 445 g/mol. The highest BCUT2D eigenvalue weighted by atomic mass is 32.1.